The molecular weight excluding hydrogens is 503 g/mol. The highest BCUT2D eigenvalue weighted by Crippen LogP contribution is 2.28. The van der Waals surface area contributed by atoms with E-state index < -0.39 is 21.7 Å². The minimum atomic E-state index is -3.54. The van der Waals surface area contributed by atoms with Crippen molar-refractivity contribution in [3.05, 3.63) is 64.5 Å². The SMILES string of the molecule is CC.CNS(=O)(=O)c1ccc(Nc2ncc(Br)c(Nc3cccc(F)c3C(N)=O)n2)cc1. The summed E-state index contributed by atoms with van der Waals surface area (Å²) < 4.78 is 40.3. The summed E-state index contributed by atoms with van der Waals surface area (Å²) in [6, 6.07) is 10.0. The first-order valence-electron chi connectivity index (χ1n) is 9.40. The molecule has 0 aliphatic heterocycles. The van der Waals surface area contributed by atoms with Crippen molar-refractivity contribution in [1.29, 1.82) is 0 Å². The van der Waals surface area contributed by atoms with Crippen molar-refractivity contribution in [2.24, 2.45) is 5.73 Å². The van der Waals surface area contributed by atoms with Gasteiger partial charge in [0.15, 0.2) is 0 Å². The molecule has 5 N–H and O–H groups in total. The van der Waals surface area contributed by atoms with Crippen LogP contribution in [0.2, 0.25) is 0 Å². The molecule has 9 nitrogen and oxygen atoms in total. The molecule has 3 rings (SSSR count). The molecule has 0 aliphatic carbocycles. The van der Waals surface area contributed by atoms with Crippen molar-refractivity contribution >= 4 is 55.0 Å². The Morgan fingerprint density at radius 3 is 2.34 bits per heavy atom. The van der Waals surface area contributed by atoms with Gasteiger partial charge in [-0.2, -0.15) is 4.98 Å². The maximum atomic E-state index is 14.0. The van der Waals surface area contributed by atoms with Gasteiger partial charge in [0.05, 0.1) is 20.6 Å². The Labute approximate surface area is 193 Å². The summed E-state index contributed by atoms with van der Waals surface area (Å²) in [5.41, 5.74) is 5.67. The summed E-state index contributed by atoms with van der Waals surface area (Å²) in [7, 11) is -2.22. The highest BCUT2D eigenvalue weighted by molar-refractivity contribution is 9.10. The van der Waals surface area contributed by atoms with Gasteiger partial charge in [-0.3, -0.25) is 4.79 Å². The summed E-state index contributed by atoms with van der Waals surface area (Å²) in [6.45, 7) is 4.00. The Balaban J connectivity index is 0.00000176. The molecule has 1 heterocycles. The highest BCUT2D eigenvalue weighted by atomic mass is 79.9. The van der Waals surface area contributed by atoms with Crippen LogP contribution in [0.15, 0.2) is 58.0 Å². The smallest absolute Gasteiger partial charge is 0.253 e. The molecule has 0 bridgehead atoms. The van der Waals surface area contributed by atoms with Crippen LogP contribution in [0.1, 0.15) is 24.2 Å². The molecule has 0 fully saturated rings. The van der Waals surface area contributed by atoms with Crippen molar-refractivity contribution in [2.45, 2.75) is 18.7 Å². The van der Waals surface area contributed by atoms with Gasteiger partial charge < -0.3 is 16.4 Å². The Morgan fingerprint density at radius 2 is 1.75 bits per heavy atom. The molecule has 1 aromatic heterocycles. The first-order valence-corrected chi connectivity index (χ1v) is 11.7. The van der Waals surface area contributed by atoms with E-state index in [4.69, 9.17) is 5.73 Å². The van der Waals surface area contributed by atoms with Crippen molar-refractivity contribution in [3.63, 3.8) is 0 Å². The minimum absolute atomic E-state index is 0.111. The number of hydrogen-bond acceptors (Lipinski definition) is 7. The molecule has 0 saturated heterocycles. The zero-order valence-electron chi connectivity index (χ0n) is 17.5. The van der Waals surface area contributed by atoms with Crippen LogP contribution in [0.4, 0.5) is 27.5 Å². The Kier molecular flexibility index (Phi) is 8.63. The molecule has 2 aromatic carbocycles. The van der Waals surface area contributed by atoms with Crippen molar-refractivity contribution in [3.8, 4) is 0 Å². The number of nitrogens with zero attached hydrogens (tertiary/aromatic N) is 2. The zero-order valence-corrected chi connectivity index (χ0v) is 19.9. The second-order valence-corrected chi connectivity index (χ2v) is 8.64. The summed E-state index contributed by atoms with van der Waals surface area (Å²) >= 11 is 3.29. The molecule has 3 aromatic rings. The lowest BCUT2D eigenvalue weighted by atomic mass is 10.1. The lowest BCUT2D eigenvalue weighted by Crippen LogP contribution is -2.18. The van der Waals surface area contributed by atoms with E-state index in [1.807, 2.05) is 13.8 Å². The zero-order chi connectivity index (χ0) is 23.9. The van der Waals surface area contributed by atoms with Gasteiger partial charge in [0.25, 0.3) is 5.91 Å². The molecule has 0 spiro atoms. The number of halogens is 2. The Morgan fingerprint density at radius 1 is 1.09 bits per heavy atom. The van der Waals surface area contributed by atoms with Crippen molar-refractivity contribution < 1.29 is 17.6 Å². The molecular formula is C20H22BrFN6O3S. The number of nitrogens with two attached hydrogens (primary N) is 1. The molecule has 0 aliphatic rings. The number of benzene rings is 2. The van der Waals surface area contributed by atoms with Gasteiger partial charge in [0.2, 0.25) is 16.0 Å². The molecule has 32 heavy (non-hydrogen) atoms. The lowest BCUT2D eigenvalue weighted by Gasteiger charge is -2.13. The van der Waals surface area contributed by atoms with Crippen LogP contribution >= 0.6 is 15.9 Å². The third kappa shape index (κ3) is 5.99. The molecule has 0 atom stereocenters. The predicted octanol–water partition coefficient (Wildman–Crippen LogP) is 3.90. The fourth-order valence-electron chi connectivity index (χ4n) is 2.49. The number of rotatable bonds is 7. The molecule has 0 radical (unpaired) electrons. The first kappa shape index (κ1) is 25.2. The van der Waals surface area contributed by atoms with E-state index >= 15 is 0 Å². The average Bonchev–Trinajstić information content (AvgIpc) is 2.77. The molecule has 12 heteroatoms. The monoisotopic (exact) mass is 524 g/mol. The van der Waals surface area contributed by atoms with Crippen LogP contribution in [0.3, 0.4) is 0 Å². The van der Waals surface area contributed by atoms with E-state index in [2.05, 4.69) is 41.3 Å². The number of carbonyl (C=O) groups is 1. The fraction of sp³-hybridized carbons (Fsp3) is 0.150. The Hall–Kier alpha value is -3.09. The minimum Gasteiger partial charge on any atom is -0.365 e. The number of anilines is 4. The normalized spacial score (nSPS) is 10.7. The fourth-order valence-corrected chi connectivity index (χ4v) is 3.51. The van der Waals surface area contributed by atoms with Gasteiger partial charge in [-0.05, 0) is 59.4 Å². The van der Waals surface area contributed by atoms with Crippen LogP contribution in [0.5, 0.6) is 0 Å². The quantitative estimate of drug-likeness (QED) is 0.367. The van der Waals surface area contributed by atoms with Gasteiger partial charge in [0.1, 0.15) is 11.6 Å². The maximum absolute atomic E-state index is 14.0. The van der Waals surface area contributed by atoms with Crippen molar-refractivity contribution in [1.82, 2.24) is 14.7 Å². The van der Waals surface area contributed by atoms with Gasteiger partial charge in [-0.15, -0.1) is 0 Å². The van der Waals surface area contributed by atoms with Crippen LogP contribution in [-0.4, -0.2) is 31.3 Å². The number of hydrogen-bond donors (Lipinski definition) is 4. The number of sulfonamides is 1. The molecule has 0 unspecified atom stereocenters. The van der Waals surface area contributed by atoms with Crippen molar-refractivity contribution in [2.75, 3.05) is 17.7 Å². The summed E-state index contributed by atoms with van der Waals surface area (Å²) in [5.74, 6) is -1.24. The number of primary amides is 1. The second kappa shape index (κ2) is 11.0. The van der Waals surface area contributed by atoms with E-state index in [0.717, 1.165) is 6.07 Å². The summed E-state index contributed by atoms with van der Waals surface area (Å²) in [5, 5.41) is 5.80. The average molecular weight is 525 g/mol. The molecule has 170 valence electrons. The first-order chi connectivity index (χ1) is 15.2. The number of nitrogens with one attached hydrogen (secondary N) is 3. The number of carbonyl (C=O) groups excluding carboxylic acids is 1. The van der Waals surface area contributed by atoms with Crippen LogP contribution < -0.4 is 21.1 Å². The summed E-state index contributed by atoms with van der Waals surface area (Å²) in [4.78, 5) is 20.1. The largest absolute Gasteiger partial charge is 0.365 e. The lowest BCUT2D eigenvalue weighted by molar-refractivity contribution is 0.0997. The standard InChI is InChI=1S/C18H16BrFN6O3S.C2H6/c1-22-30(28,29)11-7-5-10(6-8-11)24-18-23-9-12(19)17(26-18)25-14-4-2-3-13(20)15(14)16(21)27;1-2/h2-9,22H,1H3,(H2,21,27)(H2,23,24,25,26);1-2H3. The third-order valence-corrected chi connectivity index (χ3v) is 5.96. The van der Waals surface area contributed by atoms with Gasteiger partial charge in [-0.1, -0.05) is 19.9 Å². The molecule has 0 saturated carbocycles. The van der Waals surface area contributed by atoms with Crippen LogP contribution in [-0.2, 0) is 10.0 Å². The maximum Gasteiger partial charge on any atom is 0.253 e. The van der Waals surface area contributed by atoms with E-state index in [9.17, 15) is 17.6 Å². The molecule has 1 amide bonds. The number of amides is 1. The van der Waals surface area contributed by atoms with Gasteiger partial charge in [-0.25, -0.2) is 22.5 Å². The Bertz CT molecular complexity index is 1210. The van der Waals surface area contributed by atoms with E-state index in [0.29, 0.717) is 10.2 Å². The second-order valence-electron chi connectivity index (χ2n) is 5.90. The van der Waals surface area contributed by atoms with Crippen LogP contribution in [0.25, 0.3) is 0 Å². The van der Waals surface area contributed by atoms with Gasteiger partial charge >= 0.3 is 0 Å². The van der Waals surface area contributed by atoms with Crippen LogP contribution in [0, 0.1) is 5.82 Å². The number of aromatic nitrogens is 2. The van der Waals surface area contributed by atoms with E-state index in [1.54, 1.807) is 12.1 Å². The predicted molar refractivity (Wildman–Crippen MR) is 125 cm³/mol. The van der Waals surface area contributed by atoms with Gasteiger partial charge in [0, 0.05) is 11.9 Å². The summed E-state index contributed by atoms with van der Waals surface area (Å²) in [6.07, 6.45) is 1.46. The van der Waals surface area contributed by atoms with E-state index in [1.165, 1.54) is 37.5 Å². The van der Waals surface area contributed by atoms with E-state index in [-0.39, 0.29) is 27.9 Å². The topological polar surface area (TPSA) is 139 Å². The third-order valence-electron chi connectivity index (χ3n) is 3.95. The highest BCUT2D eigenvalue weighted by Gasteiger charge is 2.16.